The van der Waals surface area contributed by atoms with Crippen LogP contribution in [0.4, 0.5) is 0 Å². The van der Waals surface area contributed by atoms with Gasteiger partial charge in [0.15, 0.2) is 0 Å². The lowest BCUT2D eigenvalue weighted by atomic mass is 9.94. The van der Waals surface area contributed by atoms with Gasteiger partial charge in [0.25, 0.3) is 0 Å². The molecule has 1 aliphatic heterocycles. The molecule has 2 atom stereocenters. The average Bonchev–Trinajstić information content (AvgIpc) is 3.23. The molecule has 124 valence electrons. The Morgan fingerprint density at radius 1 is 1.25 bits per heavy atom. The number of H-pyrrole nitrogens is 1. The topological polar surface area (TPSA) is 56.8 Å². The number of nitrogens with zero attached hydrogens (tertiary/aromatic N) is 3. The van der Waals surface area contributed by atoms with Crippen molar-refractivity contribution in [2.45, 2.75) is 19.0 Å². The van der Waals surface area contributed by atoms with E-state index in [2.05, 4.69) is 56.7 Å². The minimum Gasteiger partial charge on any atom is -0.312 e. The minimum atomic E-state index is 0.453. The Morgan fingerprint density at radius 2 is 2.21 bits per heavy atom. The van der Waals surface area contributed by atoms with E-state index >= 15 is 0 Å². The average molecular weight is 321 g/mol. The highest BCUT2D eigenvalue weighted by Gasteiger charge is 2.32. The summed E-state index contributed by atoms with van der Waals surface area (Å²) < 4.78 is 0. The van der Waals surface area contributed by atoms with Gasteiger partial charge in [-0.1, -0.05) is 24.3 Å². The molecule has 3 aromatic rings. The van der Waals surface area contributed by atoms with Crippen LogP contribution in [0.3, 0.4) is 0 Å². The largest absolute Gasteiger partial charge is 0.312 e. The Balaban J connectivity index is 1.43. The Bertz CT molecular complexity index is 798. The first-order valence-electron chi connectivity index (χ1n) is 8.55. The molecule has 3 heterocycles. The van der Waals surface area contributed by atoms with E-state index in [9.17, 15) is 0 Å². The zero-order chi connectivity index (χ0) is 16.4. The monoisotopic (exact) mass is 321 g/mol. The number of para-hydroxylation sites is 1. The molecule has 0 aliphatic carbocycles. The summed E-state index contributed by atoms with van der Waals surface area (Å²) in [5.41, 5.74) is 3.73. The Labute approximate surface area is 142 Å². The summed E-state index contributed by atoms with van der Waals surface area (Å²) in [7, 11) is 2.21. The van der Waals surface area contributed by atoms with Crippen molar-refractivity contribution in [1.82, 2.24) is 25.4 Å². The Kier molecular flexibility index (Phi) is 4.28. The van der Waals surface area contributed by atoms with Crippen molar-refractivity contribution < 1.29 is 0 Å². The van der Waals surface area contributed by atoms with E-state index in [-0.39, 0.29) is 0 Å². The first-order valence-corrected chi connectivity index (χ1v) is 8.55. The molecule has 0 saturated carbocycles. The normalized spacial score (nSPS) is 21.5. The molecule has 0 radical (unpaired) electrons. The maximum atomic E-state index is 4.30. The van der Waals surface area contributed by atoms with Crippen molar-refractivity contribution in [1.29, 1.82) is 0 Å². The van der Waals surface area contributed by atoms with Gasteiger partial charge in [-0.25, -0.2) is 0 Å². The summed E-state index contributed by atoms with van der Waals surface area (Å²) >= 11 is 0. The van der Waals surface area contributed by atoms with E-state index in [1.807, 2.05) is 24.7 Å². The lowest BCUT2D eigenvalue weighted by molar-refractivity contribution is 0.271. The van der Waals surface area contributed by atoms with Crippen LogP contribution in [-0.4, -0.2) is 40.2 Å². The molecule has 24 heavy (non-hydrogen) atoms. The molecule has 0 unspecified atom stereocenters. The van der Waals surface area contributed by atoms with Gasteiger partial charge < -0.3 is 5.32 Å². The van der Waals surface area contributed by atoms with Crippen molar-refractivity contribution >= 4 is 10.9 Å². The fourth-order valence-electron chi connectivity index (χ4n) is 3.89. The number of aromatic amines is 1. The van der Waals surface area contributed by atoms with Crippen molar-refractivity contribution in [2.24, 2.45) is 5.92 Å². The molecule has 1 aliphatic rings. The van der Waals surface area contributed by atoms with Gasteiger partial charge in [0.05, 0.1) is 11.7 Å². The van der Waals surface area contributed by atoms with E-state index in [0.717, 1.165) is 25.2 Å². The number of aromatic nitrogens is 3. The third-order valence-electron chi connectivity index (χ3n) is 5.08. The molecule has 0 spiro atoms. The zero-order valence-electron chi connectivity index (χ0n) is 13.9. The minimum absolute atomic E-state index is 0.453. The van der Waals surface area contributed by atoms with Gasteiger partial charge in [0, 0.05) is 36.9 Å². The van der Waals surface area contributed by atoms with Crippen LogP contribution in [0.1, 0.15) is 23.6 Å². The third kappa shape index (κ3) is 2.92. The lowest BCUT2D eigenvalue weighted by Crippen LogP contribution is -2.28. The summed E-state index contributed by atoms with van der Waals surface area (Å²) in [6.45, 7) is 3.01. The van der Waals surface area contributed by atoms with E-state index in [4.69, 9.17) is 0 Å². The molecule has 2 aromatic heterocycles. The Morgan fingerprint density at radius 3 is 3.08 bits per heavy atom. The molecule has 1 saturated heterocycles. The quantitative estimate of drug-likeness (QED) is 0.759. The number of rotatable bonds is 5. The maximum absolute atomic E-state index is 4.30. The fourth-order valence-corrected chi connectivity index (χ4v) is 3.89. The molecule has 2 N–H and O–H groups in total. The van der Waals surface area contributed by atoms with Crippen LogP contribution in [0.15, 0.2) is 48.9 Å². The number of hydrogen-bond acceptors (Lipinski definition) is 4. The van der Waals surface area contributed by atoms with Gasteiger partial charge in [0.2, 0.25) is 0 Å². The predicted molar refractivity (Wildman–Crippen MR) is 95.5 cm³/mol. The van der Waals surface area contributed by atoms with Gasteiger partial charge in [-0.3, -0.25) is 15.0 Å². The van der Waals surface area contributed by atoms with Gasteiger partial charge in [-0.2, -0.15) is 5.10 Å². The van der Waals surface area contributed by atoms with Crippen molar-refractivity contribution in [2.75, 3.05) is 20.1 Å². The second-order valence-electron chi connectivity index (χ2n) is 6.64. The second-order valence-corrected chi connectivity index (χ2v) is 6.64. The van der Waals surface area contributed by atoms with Gasteiger partial charge in [0.1, 0.15) is 0 Å². The zero-order valence-corrected chi connectivity index (χ0v) is 13.9. The van der Waals surface area contributed by atoms with E-state index in [1.165, 1.54) is 22.9 Å². The van der Waals surface area contributed by atoms with Gasteiger partial charge in [-0.15, -0.1) is 0 Å². The summed E-state index contributed by atoms with van der Waals surface area (Å²) in [6.07, 6.45) is 6.95. The summed E-state index contributed by atoms with van der Waals surface area (Å²) in [6, 6.07) is 11.0. The van der Waals surface area contributed by atoms with Crippen molar-refractivity contribution in [3.05, 3.63) is 60.0 Å². The first kappa shape index (κ1) is 15.3. The molecular weight excluding hydrogens is 298 g/mol. The number of likely N-dealkylation sites (tertiary alicyclic amines) is 1. The Hall–Kier alpha value is -2.24. The van der Waals surface area contributed by atoms with Crippen LogP contribution >= 0.6 is 0 Å². The number of hydrogen-bond donors (Lipinski definition) is 2. The van der Waals surface area contributed by atoms with Crippen LogP contribution in [0, 0.1) is 5.92 Å². The van der Waals surface area contributed by atoms with E-state index in [1.54, 1.807) is 0 Å². The highest BCUT2D eigenvalue weighted by Crippen LogP contribution is 2.35. The standard InChI is InChI=1S/C19H23N5/c1-24-9-7-17(19(24)16-6-3-8-20-11-16)12-21-10-14-4-2-5-15-13-22-23-18(14)15/h2-6,8,11,13,17,19,21H,7,9-10,12H2,1H3,(H,22,23)/t17-,19-/m0/s1. The van der Waals surface area contributed by atoms with Crippen LogP contribution in [0.2, 0.25) is 0 Å². The van der Waals surface area contributed by atoms with E-state index < -0.39 is 0 Å². The van der Waals surface area contributed by atoms with Crippen LogP contribution in [0.25, 0.3) is 10.9 Å². The summed E-state index contributed by atoms with van der Waals surface area (Å²) in [4.78, 5) is 6.74. The van der Waals surface area contributed by atoms with Crippen LogP contribution in [-0.2, 0) is 6.54 Å². The smallest absolute Gasteiger partial charge is 0.0695 e. The lowest BCUT2D eigenvalue weighted by Gasteiger charge is -2.25. The molecule has 0 amide bonds. The third-order valence-corrected chi connectivity index (χ3v) is 5.08. The fraction of sp³-hybridized carbons (Fsp3) is 0.368. The number of nitrogens with one attached hydrogen (secondary N) is 2. The summed E-state index contributed by atoms with van der Waals surface area (Å²) in [5, 5.41) is 12.1. The molecule has 5 nitrogen and oxygen atoms in total. The second kappa shape index (κ2) is 6.71. The first-order chi connectivity index (χ1) is 11.8. The SMILES string of the molecule is CN1CC[C@@H](CNCc2cccc3cn[nH]c23)[C@@H]1c1cccnc1. The molecule has 1 fully saturated rings. The van der Waals surface area contributed by atoms with Crippen LogP contribution in [0.5, 0.6) is 0 Å². The number of pyridine rings is 1. The molecular formula is C19H23N5. The van der Waals surface area contributed by atoms with Gasteiger partial charge >= 0.3 is 0 Å². The van der Waals surface area contributed by atoms with Crippen molar-refractivity contribution in [3.8, 4) is 0 Å². The maximum Gasteiger partial charge on any atom is 0.0695 e. The van der Waals surface area contributed by atoms with Gasteiger partial charge in [-0.05, 0) is 43.1 Å². The molecule has 0 bridgehead atoms. The van der Waals surface area contributed by atoms with E-state index in [0.29, 0.717) is 12.0 Å². The number of benzene rings is 1. The van der Waals surface area contributed by atoms with Crippen LogP contribution < -0.4 is 5.32 Å². The number of fused-ring (bicyclic) bond motifs is 1. The van der Waals surface area contributed by atoms with Crippen molar-refractivity contribution in [3.63, 3.8) is 0 Å². The highest BCUT2D eigenvalue weighted by molar-refractivity contribution is 5.81. The molecule has 1 aromatic carbocycles. The summed E-state index contributed by atoms with van der Waals surface area (Å²) in [5.74, 6) is 0.611. The highest BCUT2D eigenvalue weighted by atomic mass is 15.2. The predicted octanol–water partition coefficient (Wildman–Crippen LogP) is 2.74. The molecule has 4 rings (SSSR count). The molecule has 5 heteroatoms.